The van der Waals surface area contributed by atoms with Crippen LogP contribution in [-0.2, 0) is 12.8 Å². The summed E-state index contributed by atoms with van der Waals surface area (Å²) in [5.74, 6) is 0.721. The third-order valence-electron chi connectivity index (χ3n) is 3.31. The van der Waals surface area contributed by atoms with Crippen molar-refractivity contribution in [1.29, 1.82) is 0 Å². The molecule has 0 saturated carbocycles. The first-order chi connectivity index (χ1) is 8.70. The zero-order chi connectivity index (χ0) is 13.0. The lowest BCUT2D eigenvalue weighted by atomic mass is 9.95. The highest BCUT2D eigenvalue weighted by Crippen LogP contribution is 2.24. The lowest BCUT2D eigenvalue weighted by Gasteiger charge is -2.09. The highest BCUT2D eigenvalue weighted by atomic mass is 14.1. The normalized spacial score (nSPS) is 10.9. The quantitative estimate of drug-likeness (QED) is 0.694. The van der Waals surface area contributed by atoms with Gasteiger partial charge in [0.2, 0.25) is 0 Å². The third-order valence-corrected chi connectivity index (χ3v) is 3.31. The molecule has 0 spiro atoms. The number of hydrogen-bond donors (Lipinski definition) is 0. The third kappa shape index (κ3) is 3.01. The second-order valence-corrected chi connectivity index (χ2v) is 5.31. The minimum absolute atomic E-state index is 0.721. The van der Waals surface area contributed by atoms with Crippen molar-refractivity contribution in [2.24, 2.45) is 5.92 Å². The van der Waals surface area contributed by atoms with Gasteiger partial charge in [0.05, 0.1) is 0 Å². The van der Waals surface area contributed by atoms with E-state index in [0.717, 1.165) is 18.8 Å². The molecule has 2 aromatic carbocycles. The molecule has 0 aliphatic heterocycles. The van der Waals surface area contributed by atoms with E-state index < -0.39 is 0 Å². The SMILES string of the molecule is CCc1ccccc1-c1ccc(CC(C)C)cc1. The molecule has 94 valence electrons. The second-order valence-electron chi connectivity index (χ2n) is 5.31. The monoisotopic (exact) mass is 238 g/mol. The lowest BCUT2D eigenvalue weighted by Crippen LogP contribution is -1.94. The molecule has 2 rings (SSSR count). The maximum absolute atomic E-state index is 2.27. The van der Waals surface area contributed by atoms with Gasteiger partial charge in [0.1, 0.15) is 0 Å². The summed E-state index contributed by atoms with van der Waals surface area (Å²) in [7, 11) is 0. The minimum atomic E-state index is 0.721. The molecule has 18 heavy (non-hydrogen) atoms. The predicted octanol–water partition coefficient (Wildman–Crippen LogP) is 5.11. The fourth-order valence-corrected chi connectivity index (χ4v) is 2.40. The van der Waals surface area contributed by atoms with Gasteiger partial charge in [-0.25, -0.2) is 0 Å². The molecule has 0 atom stereocenters. The lowest BCUT2D eigenvalue weighted by molar-refractivity contribution is 0.647. The molecule has 0 fully saturated rings. The van der Waals surface area contributed by atoms with Crippen LogP contribution in [0.5, 0.6) is 0 Å². The van der Waals surface area contributed by atoms with E-state index in [-0.39, 0.29) is 0 Å². The molecular weight excluding hydrogens is 216 g/mol. The Hall–Kier alpha value is -1.56. The van der Waals surface area contributed by atoms with Crippen molar-refractivity contribution in [1.82, 2.24) is 0 Å². The van der Waals surface area contributed by atoms with Gasteiger partial charge in [0.15, 0.2) is 0 Å². The second kappa shape index (κ2) is 5.86. The fraction of sp³-hybridized carbons (Fsp3) is 0.333. The van der Waals surface area contributed by atoms with E-state index in [1.165, 1.54) is 22.3 Å². The molecule has 2 aromatic rings. The first kappa shape index (κ1) is 12.9. The average molecular weight is 238 g/mol. The van der Waals surface area contributed by atoms with E-state index in [4.69, 9.17) is 0 Å². The average Bonchev–Trinajstić information content (AvgIpc) is 2.39. The predicted molar refractivity (Wildman–Crippen MR) is 79.8 cm³/mol. The summed E-state index contributed by atoms with van der Waals surface area (Å²) in [4.78, 5) is 0. The van der Waals surface area contributed by atoms with Crippen molar-refractivity contribution >= 4 is 0 Å². The van der Waals surface area contributed by atoms with Crippen LogP contribution in [0.2, 0.25) is 0 Å². The summed E-state index contributed by atoms with van der Waals surface area (Å²) in [5.41, 5.74) is 5.56. The van der Waals surface area contributed by atoms with Crippen molar-refractivity contribution in [3.8, 4) is 11.1 Å². The van der Waals surface area contributed by atoms with Gasteiger partial charge in [-0.1, -0.05) is 69.3 Å². The number of benzene rings is 2. The van der Waals surface area contributed by atoms with Crippen LogP contribution < -0.4 is 0 Å². The van der Waals surface area contributed by atoms with Crippen molar-refractivity contribution in [2.75, 3.05) is 0 Å². The van der Waals surface area contributed by atoms with Gasteiger partial charge in [-0.3, -0.25) is 0 Å². The molecule has 0 aliphatic carbocycles. The van der Waals surface area contributed by atoms with Gasteiger partial charge in [0.25, 0.3) is 0 Å². The standard InChI is InChI=1S/C18H22/c1-4-16-7-5-6-8-18(16)17-11-9-15(10-12-17)13-14(2)3/h5-12,14H,4,13H2,1-3H3. The summed E-state index contributed by atoms with van der Waals surface area (Å²) in [6, 6.07) is 17.7. The Morgan fingerprint density at radius 2 is 1.56 bits per heavy atom. The molecule has 0 amide bonds. The number of aryl methyl sites for hydroxylation is 1. The van der Waals surface area contributed by atoms with Crippen molar-refractivity contribution in [2.45, 2.75) is 33.6 Å². The van der Waals surface area contributed by atoms with Crippen LogP contribution in [0.3, 0.4) is 0 Å². The van der Waals surface area contributed by atoms with Gasteiger partial charge in [0, 0.05) is 0 Å². The summed E-state index contributed by atoms with van der Waals surface area (Å²) < 4.78 is 0. The molecule has 0 nitrogen and oxygen atoms in total. The van der Waals surface area contributed by atoms with Crippen molar-refractivity contribution < 1.29 is 0 Å². The summed E-state index contributed by atoms with van der Waals surface area (Å²) in [5, 5.41) is 0. The highest BCUT2D eigenvalue weighted by molar-refractivity contribution is 5.67. The summed E-state index contributed by atoms with van der Waals surface area (Å²) >= 11 is 0. The van der Waals surface area contributed by atoms with Gasteiger partial charge in [-0.2, -0.15) is 0 Å². The van der Waals surface area contributed by atoms with Gasteiger partial charge in [-0.05, 0) is 41.0 Å². The molecule has 0 unspecified atom stereocenters. The van der Waals surface area contributed by atoms with Crippen LogP contribution in [0.15, 0.2) is 48.5 Å². The largest absolute Gasteiger partial charge is 0.0625 e. The van der Waals surface area contributed by atoms with Gasteiger partial charge < -0.3 is 0 Å². The van der Waals surface area contributed by atoms with E-state index >= 15 is 0 Å². The molecule has 0 heteroatoms. The minimum Gasteiger partial charge on any atom is -0.0625 e. The van der Waals surface area contributed by atoms with Crippen LogP contribution in [0, 0.1) is 5.92 Å². The Bertz CT molecular complexity index is 492. The van der Waals surface area contributed by atoms with Crippen molar-refractivity contribution in [3.63, 3.8) is 0 Å². The van der Waals surface area contributed by atoms with E-state index in [1.807, 2.05) is 0 Å². The van der Waals surface area contributed by atoms with Crippen LogP contribution in [0.4, 0.5) is 0 Å². The van der Waals surface area contributed by atoms with Gasteiger partial charge in [-0.15, -0.1) is 0 Å². The highest BCUT2D eigenvalue weighted by Gasteiger charge is 2.03. The Morgan fingerprint density at radius 1 is 0.889 bits per heavy atom. The molecule has 0 radical (unpaired) electrons. The molecule has 0 N–H and O–H groups in total. The Balaban J connectivity index is 2.28. The summed E-state index contributed by atoms with van der Waals surface area (Å²) in [6.07, 6.45) is 2.25. The Morgan fingerprint density at radius 3 is 2.17 bits per heavy atom. The summed E-state index contributed by atoms with van der Waals surface area (Å²) in [6.45, 7) is 6.74. The smallest absolute Gasteiger partial charge is 0.0152 e. The molecule has 0 aromatic heterocycles. The number of hydrogen-bond acceptors (Lipinski definition) is 0. The van der Waals surface area contributed by atoms with Crippen LogP contribution in [0.1, 0.15) is 31.9 Å². The van der Waals surface area contributed by atoms with E-state index in [9.17, 15) is 0 Å². The van der Waals surface area contributed by atoms with E-state index in [2.05, 4.69) is 69.3 Å². The maximum atomic E-state index is 2.27. The number of rotatable bonds is 4. The molecule has 0 aliphatic rings. The van der Waals surface area contributed by atoms with Crippen LogP contribution >= 0.6 is 0 Å². The topological polar surface area (TPSA) is 0 Å². The maximum Gasteiger partial charge on any atom is -0.0152 e. The first-order valence-electron chi connectivity index (χ1n) is 6.88. The first-order valence-corrected chi connectivity index (χ1v) is 6.88. The van der Waals surface area contributed by atoms with Crippen LogP contribution in [-0.4, -0.2) is 0 Å². The zero-order valence-electron chi connectivity index (χ0n) is 11.6. The Kier molecular flexibility index (Phi) is 4.19. The molecular formula is C18H22. The van der Waals surface area contributed by atoms with Crippen molar-refractivity contribution in [3.05, 3.63) is 59.7 Å². The Labute approximate surface area is 111 Å². The van der Waals surface area contributed by atoms with E-state index in [0.29, 0.717) is 0 Å². The zero-order valence-corrected chi connectivity index (χ0v) is 11.6. The van der Waals surface area contributed by atoms with Crippen LogP contribution in [0.25, 0.3) is 11.1 Å². The molecule has 0 saturated heterocycles. The fourth-order valence-electron chi connectivity index (χ4n) is 2.40. The van der Waals surface area contributed by atoms with E-state index in [1.54, 1.807) is 0 Å². The van der Waals surface area contributed by atoms with Gasteiger partial charge >= 0.3 is 0 Å². The molecule has 0 bridgehead atoms. The molecule has 0 heterocycles.